The Balaban J connectivity index is 1.42. The molecule has 8 heteroatoms. The quantitative estimate of drug-likeness (QED) is 0.296. The van der Waals surface area contributed by atoms with Gasteiger partial charge in [-0.3, -0.25) is 9.59 Å². The first kappa shape index (κ1) is 24.4. The number of carbonyl (C=O) groups is 2. The number of nitrogens with one attached hydrogen (secondary N) is 3. The fourth-order valence-corrected chi connectivity index (χ4v) is 4.57. The predicted octanol–water partition coefficient (Wildman–Crippen LogP) is 3.58. The Kier molecular flexibility index (Phi) is 7.09. The Hall–Kier alpha value is -4.30. The van der Waals surface area contributed by atoms with Gasteiger partial charge >= 0.3 is 0 Å². The smallest absolute Gasteiger partial charge is 0.255 e. The molecule has 0 bridgehead atoms. The average molecular weight is 500 g/mol. The van der Waals surface area contributed by atoms with Crippen LogP contribution in [0, 0.1) is 0 Å². The molecule has 37 heavy (non-hydrogen) atoms. The summed E-state index contributed by atoms with van der Waals surface area (Å²) in [6, 6.07) is 18.8. The zero-order valence-electron chi connectivity index (χ0n) is 20.5. The van der Waals surface area contributed by atoms with Gasteiger partial charge in [0.05, 0.1) is 18.2 Å². The van der Waals surface area contributed by atoms with Crippen LogP contribution in [0.3, 0.4) is 0 Å². The van der Waals surface area contributed by atoms with Crippen molar-refractivity contribution in [1.82, 2.24) is 15.6 Å². The number of aliphatic hydroxyl groups is 1. The van der Waals surface area contributed by atoms with Crippen LogP contribution in [-0.2, 0) is 17.8 Å². The normalized spacial score (nSPS) is 13.2. The third-order valence-electron chi connectivity index (χ3n) is 6.39. The second-order valence-corrected chi connectivity index (χ2v) is 9.07. The van der Waals surface area contributed by atoms with Gasteiger partial charge in [0.15, 0.2) is 11.5 Å². The van der Waals surface area contributed by atoms with Crippen LogP contribution < -0.4 is 20.1 Å². The van der Waals surface area contributed by atoms with Gasteiger partial charge in [0, 0.05) is 30.6 Å². The number of H-pyrrole nitrogens is 1. The maximum absolute atomic E-state index is 13.5. The van der Waals surface area contributed by atoms with E-state index in [0.717, 1.165) is 33.2 Å². The highest BCUT2D eigenvalue weighted by Crippen LogP contribution is 2.38. The minimum Gasteiger partial charge on any atom is -0.486 e. The molecule has 0 saturated heterocycles. The van der Waals surface area contributed by atoms with Gasteiger partial charge in [0.1, 0.15) is 13.2 Å². The predicted molar refractivity (Wildman–Crippen MR) is 141 cm³/mol. The number of aliphatic hydroxyl groups excluding tert-OH is 1. The Bertz CT molecular complexity index is 1440. The lowest BCUT2D eigenvalue weighted by molar-refractivity contribution is -0.119. The van der Waals surface area contributed by atoms with Crippen molar-refractivity contribution in [2.24, 2.45) is 0 Å². The SMILES string of the molecule is CC(=O)NCc1cccc(-c2cc3c(c(C(=O)N[C@@H](CO)Cc4c[nH]c5ccccc45)c2)OCCO3)c1. The molecule has 1 aliphatic heterocycles. The number of ether oxygens (including phenoxy) is 2. The molecule has 0 aliphatic carbocycles. The summed E-state index contributed by atoms with van der Waals surface area (Å²) in [5.74, 6) is 0.440. The molecule has 5 rings (SSSR count). The molecule has 8 nitrogen and oxygen atoms in total. The molecule has 3 aromatic carbocycles. The molecule has 4 N–H and O–H groups in total. The van der Waals surface area contributed by atoms with Crippen LogP contribution in [-0.4, -0.2) is 47.8 Å². The van der Waals surface area contributed by atoms with Gasteiger partial charge in [-0.25, -0.2) is 0 Å². The van der Waals surface area contributed by atoms with Gasteiger partial charge < -0.3 is 30.2 Å². The van der Waals surface area contributed by atoms with E-state index < -0.39 is 6.04 Å². The largest absolute Gasteiger partial charge is 0.486 e. The van der Waals surface area contributed by atoms with E-state index in [1.54, 1.807) is 6.07 Å². The Morgan fingerprint density at radius 2 is 1.86 bits per heavy atom. The first-order valence-corrected chi connectivity index (χ1v) is 12.3. The standard InChI is InChI=1S/C29H29N3O5/c1-18(34)30-15-19-5-4-6-20(11-19)21-13-25(28-27(14-21)36-9-10-37-28)29(35)32-23(17-33)12-22-16-31-26-8-3-2-7-24(22)26/h2-8,11,13-14,16,23,31,33H,9-10,12,15,17H2,1H3,(H,30,34)(H,32,35)/t23-/m1/s1. The highest BCUT2D eigenvalue weighted by molar-refractivity contribution is 5.99. The fourth-order valence-electron chi connectivity index (χ4n) is 4.57. The molecule has 0 unspecified atom stereocenters. The van der Waals surface area contributed by atoms with E-state index in [9.17, 15) is 14.7 Å². The fraction of sp³-hybridized carbons (Fsp3) is 0.241. The molecule has 2 heterocycles. The summed E-state index contributed by atoms with van der Waals surface area (Å²) in [5, 5.41) is 16.9. The molecule has 1 aromatic heterocycles. The van der Waals surface area contributed by atoms with Crippen LogP contribution in [0.4, 0.5) is 0 Å². The lowest BCUT2D eigenvalue weighted by atomic mass is 9.98. The van der Waals surface area contributed by atoms with Crippen LogP contribution in [0.15, 0.2) is 66.9 Å². The van der Waals surface area contributed by atoms with Crippen molar-refractivity contribution in [3.05, 3.63) is 83.6 Å². The van der Waals surface area contributed by atoms with Crippen molar-refractivity contribution < 1.29 is 24.2 Å². The summed E-state index contributed by atoms with van der Waals surface area (Å²) in [4.78, 5) is 28.1. The van der Waals surface area contributed by atoms with Crippen molar-refractivity contribution in [3.8, 4) is 22.6 Å². The number of hydrogen-bond donors (Lipinski definition) is 4. The second-order valence-electron chi connectivity index (χ2n) is 9.07. The Morgan fingerprint density at radius 1 is 1.03 bits per heavy atom. The minimum absolute atomic E-state index is 0.102. The lowest BCUT2D eigenvalue weighted by Gasteiger charge is -2.23. The van der Waals surface area contributed by atoms with Crippen LogP contribution in [0.5, 0.6) is 11.5 Å². The number of aromatic nitrogens is 1. The molecule has 190 valence electrons. The summed E-state index contributed by atoms with van der Waals surface area (Å²) in [5.41, 5.74) is 4.97. The lowest BCUT2D eigenvalue weighted by Crippen LogP contribution is -2.39. The van der Waals surface area contributed by atoms with Gasteiger partial charge in [-0.15, -0.1) is 0 Å². The Labute approximate surface area is 214 Å². The molecule has 4 aromatic rings. The third kappa shape index (κ3) is 5.44. The molecule has 0 spiro atoms. The van der Waals surface area contributed by atoms with E-state index in [2.05, 4.69) is 15.6 Å². The zero-order valence-corrected chi connectivity index (χ0v) is 20.5. The van der Waals surface area contributed by atoms with E-state index >= 15 is 0 Å². The monoisotopic (exact) mass is 499 g/mol. The molecule has 0 radical (unpaired) electrons. The minimum atomic E-state index is -0.489. The summed E-state index contributed by atoms with van der Waals surface area (Å²) >= 11 is 0. The number of hydrogen-bond acceptors (Lipinski definition) is 5. The number of aromatic amines is 1. The summed E-state index contributed by atoms with van der Waals surface area (Å²) in [6.07, 6.45) is 2.38. The maximum Gasteiger partial charge on any atom is 0.255 e. The van der Waals surface area contributed by atoms with Crippen molar-refractivity contribution in [3.63, 3.8) is 0 Å². The van der Waals surface area contributed by atoms with Gasteiger partial charge in [-0.1, -0.05) is 36.4 Å². The summed E-state index contributed by atoms with van der Waals surface area (Å²) < 4.78 is 11.7. The first-order chi connectivity index (χ1) is 18.0. The van der Waals surface area contributed by atoms with Crippen LogP contribution in [0.1, 0.15) is 28.4 Å². The van der Waals surface area contributed by atoms with E-state index in [0.29, 0.717) is 43.2 Å². The number of rotatable bonds is 8. The molecule has 0 fully saturated rings. The highest BCUT2D eigenvalue weighted by Gasteiger charge is 2.25. The second kappa shape index (κ2) is 10.8. The molecular formula is C29H29N3O5. The number of fused-ring (bicyclic) bond motifs is 2. The highest BCUT2D eigenvalue weighted by atomic mass is 16.6. The average Bonchev–Trinajstić information content (AvgIpc) is 3.33. The van der Waals surface area contributed by atoms with Crippen LogP contribution >= 0.6 is 0 Å². The molecule has 0 saturated carbocycles. The maximum atomic E-state index is 13.5. The van der Waals surface area contributed by atoms with E-state index in [-0.39, 0.29) is 18.4 Å². The summed E-state index contributed by atoms with van der Waals surface area (Å²) in [7, 11) is 0. The van der Waals surface area contributed by atoms with E-state index in [1.807, 2.05) is 60.8 Å². The van der Waals surface area contributed by atoms with Gasteiger partial charge in [0.25, 0.3) is 5.91 Å². The molecule has 1 atom stereocenters. The zero-order chi connectivity index (χ0) is 25.8. The van der Waals surface area contributed by atoms with Gasteiger partial charge in [-0.2, -0.15) is 0 Å². The summed E-state index contributed by atoms with van der Waals surface area (Å²) in [6.45, 7) is 2.41. The number of benzene rings is 3. The molecular weight excluding hydrogens is 470 g/mol. The topological polar surface area (TPSA) is 113 Å². The van der Waals surface area contributed by atoms with Crippen molar-refractivity contribution >= 4 is 22.7 Å². The van der Waals surface area contributed by atoms with Gasteiger partial charge in [-0.05, 0) is 52.9 Å². The number of para-hydroxylation sites is 1. The van der Waals surface area contributed by atoms with Crippen molar-refractivity contribution in [2.45, 2.75) is 25.9 Å². The van der Waals surface area contributed by atoms with Crippen molar-refractivity contribution in [1.29, 1.82) is 0 Å². The molecule has 2 amide bonds. The third-order valence-corrected chi connectivity index (χ3v) is 6.39. The van der Waals surface area contributed by atoms with Gasteiger partial charge in [0.2, 0.25) is 5.91 Å². The van der Waals surface area contributed by atoms with Crippen molar-refractivity contribution in [2.75, 3.05) is 19.8 Å². The van der Waals surface area contributed by atoms with Crippen LogP contribution in [0.2, 0.25) is 0 Å². The van der Waals surface area contributed by atoms with Crippen LogP contribution in [0.25, 0.3) is 22.0 Å². The van der Waals surface area contributed by atoms with E-state index in [4.69, 9.17) is 9.47 Å². The Morgan fingerprint density at radius 3 is 2.70 bits per heavy atom. The van der Waals surface area contributed by atoms with E-state index in [1.165, 1.54) is 6.92 Å². The molecule has 1 aliphatic rings. The number of amides is 2. The number of carbonyl (C=O) groups excluding carboxylic acids is 2. The first-order valence-electron chi connectivity index (χ1n) is 12.3.